The minimum Gasteiger partial charge on any atom is -0.477 e. The van der Waals surface area contributed by atoms with E-state index in [1.807, 2.05) is 0 Å². The van der Waals surface area contributed by atoms with E-state index >= 15 is 0 Å². The molecule has 2 aromatic rings. The van der Waals surface area contributed by atoms with E-state index in [0.717, 1.165) is 0 Å². The molecule has 2 rings (SSSR count). The fourth-order valence-electron chi connectivity index (χ4n) is 2.15. The highest BCUT2D eigenvalue weighted by molar-refractivity contribution is 7.89. The highest BCUT2D eigenvalue weighted by Gasteiger charge is 2.25. The van der Waals surface area contributed by atoms with Crippen molar-refractivity contribution >= 4 is 16.0 Å². The van der Waals surface area contributed by atoms with Gasteiger partial charge in [0, 0.05) is 36.7 Å². The largest absolute Gasteiger partial charge is 0.477 e. The second kappa shape index (κ2) is 5.70. The quantitative estimate of drug-likeness (QED) is 0.718. The molecule has 0 aliphatic rings. The molecule has 0 radical (unpaired) electrons. The molecule has 0 spiro atoms. The SMILES string of the molecule is Cc1[nH]c(C(=O)O)c(C)c1S(=O)(=O)NCCn1ccnc1. The molecule has 2 aromatic heterocycles. The summed E-state index contributed by atoms with van der Waals surface area (Å²) in [5.74, 6) is -1.18. The van der Waals surface area contributed by atoms with Crippen molar-refractivity contribution in [1.29, 1.82) is 0 Å². The molecule has 114 valence electrons. The average Bonchev–Trinajstić information content (AvgIpc) is 2.97. The Morgan fingerprint density at radius 2 is 2.19 bits per heavy atom. The lowest BCUT2D eigenvalue weighted by atomic mass is 10.2. The number of carbonyl (C=O) groups is 1. The topological polar surface area (TPSA) is 117 Å². The molecule has 0 atom stereocenters. The summed E-state index contributed by atoms with van der Waals surface area (Å²) in [5, 5.41) is 9.01. The Morgan fingerprint density at radius 3 is 2.71 bits per heavy atom. The summed E-state index contributed by atoms with van der Waals surface area (Å²) in [6, 6.07) is 0. The fourth-order valence-corrected chi connectivity index (χ4v) is 3.61. The molecule has 0 amide bonds. The van der Waals surface area contributed by atoms with Crippen LogP contribution in [0.25, 0.3) is 0 Å². The number of carboxylic acid groups (broad SMARTS) is 1. The number of nitrogens with one attached hydrogen (secondary N) is 2. The molecule has 0 aliphatic heterocycles. The van der Waals surface area contributed by atoms with Crippen LogP contribution in [0, 0.1) is 13.8 Å². The summed E-state index contributed by atoms with van der Waals surface area (Å²) < 4.78 is 28.8. The van der Waals surface area contributed by atoms with Crippen LogP contribution in [0.3, 0.4) is 0 Å². The molecule has 0 saturated carbocycles. The number of hydrogen-bond acceptors (Lipinski definition) is 4. The number of nitrogens with zero attached hydrogens (tertiary/aromatic N) is 2. The van der Waals surface area contributed by atoms with Gasteiger partial charge < -0.3 is 14.7 Å². The molecule has 0 unspecified atom stereocenters. The lowest BCUT2D eigenvalue weighted by Gasteiger charge is -2.08. The summed E-state index contributed by atoms with van der Waals surface area (Å²) in [4.78, 5) is 17.5. The minimum absolute atomic E-state index is 0.00877. The third kappa shape index (κ3) is 3.14. The van der Waals surface area contributed by atoms with Crippen molar-refractivity contribution in [2.24, 2.45) is 0 Å². The van der Waals surface area contributed by atoms with Crippen LogP contribution in [0.5, 0.6) is 0 Å². The molecule has 2 heterocycles. The summed E-state index contributed by atoms with van der Waals surface area (Å²) in [7, 11) is -3.77. The Morgan fingerprint density at radius 1 is 1.48 bits per heavy atom. The van der Waals surface area contributed by atoms with E-state index in [2.05, 4.69) is 14.7 Å². The van der Waals surface area contributed by atoms with Crippen LogP contribution in [-0.4, -0.2) is 40.6 Å². The number of carboxylic acids is 1. The maximum absolute atomic E-state index is 12.3. The van der Waals surface area contributed by atoms with Gasteiger partial charge in [0.2, 0.25) is 10.0 Å². The van der Waals surface area contributed by atoms with Gasteiger partial charge in [0.25, 0.3) is 0 Å². The zero-order valence-electron chi connectivity index (χ0n) is 11.6. The summed E-state index contributed by atoms with van der Waals surface area (Å²) in [6.07, 6.45) is 4.92. The number of imidazole rings is 1. The smallest absolute Gasteiger partial charge is 0.352 e. The Balaban J connectivity index is 2.18. The highest BCUT2D eigenvalue weighted by atomic mass is 32.2. The Labute approximate surface area is 121 Å². The van der Waals surface area contributed by atoms with Gasteiger partial charge in [-0.2, -0.15) is 0 Å². The predicted octanol–water partition coefficient (Wildman–Crippen LogP) is 0.505. The fraction of sp³-hybridized carbons (Fsp3) is 0.333. The van der Waals surface area contributed by atoms with Crippen LogP contribution in [0.4, 0.5) is 0 Å². The first kappa shape index (κ1) is 15.3. The number of rotatable bonds is 6. The number of aromatic amines is 1. The normalized spacial score (nSPS) is 11.7. The van der Waals surface area contributed by atoms with E-state index in [-0.39, 0.29) is 22.7 Å². The van der Waals surface area contributed by atoms with E-state index in [1.54, 1.807) is 23.3 Å². The molecule has 8 nitrogen and oxygen atoms in total. The van der Waals surface area contributed by atoms with Crippen molar-refractivity contribution in [1.82, 2.24) is 19.3 Å². The van der Waals surface area contributed by atoms with Crippen molar-refractivity contribution in [3.63, 3.8) is 0 Å². The van der Waals surface area contributed by atoms with Crippen LogP contribution in [0.2, 0.25) is 0 Å². The number of sulfonamides is 1. The van der Waals surface area contributed by atoms with Crippen molar-refractivity contribution < 1.29 is 18.3 Å². The third-order valence-electron chi connectivity index (χ3n) is 3.07. The van der Waals surface area contributed by atoms with Gasteiger partial charge in [-0.05, 0) is 13.8 Å². The van der Waals surface area contributed by atoms with Gasteiger partial charge in [-0.15, -0.1) is 0 Å². The lowest BCUT2D eigenvalue weighted by molar-refractivity contribution is 0.0690. The minimum atomic E-state index is -3.77. The second-order valence-electron chi connectivity index (χ2n) is 4.58. The molecule has 0 aromatic carbocycles. The zero-order valence-corrected chi connectivity index (χ0v) is 12.4. The Kier molecular flexibility index (Phi) is 4.14. The van der Waals surface area contributed by atoms with Gasteiger partial charge in [-0.1, -0.05) is 0 Å². The summed E-state index contributed by atoms with van der Waals surface area (Å²) in [5.41, 5.74) is 0.401. The molecule has 9 heteroatoms. The van der Waals surface area contributed by atoms with Gasteiger partial charge in [0.15, 0.2) is 0 Å². The maximum Gasteiger partial charge on any atom is 0.352 e. The van der Waals surface area contributed by atoms with Gasteiger partial charge in [0.05, 0.1) is 6.33 Å². The number of aromatic nitrogens is 3. The Hall–Kier alpha value is -2.13. The van der Waals surface area contributed by atoms with Crippen molar-refractivity contribution in [3.05, 3.63) is 35.7 Å². The second-order valence-corrected chi connectivity index (χ2v) is 6.29. The van der Waals surface area contributed by atoms with Crippen LogP contribution in [-0.2, 0) is 16.6 Å². The maximum atomic E-state index is 12.3. The van der Waals surface area contributed by atoms with Crippen molar-refractivity contribution in [2.75, 3.05) is 6.54 Å². The van der Waals surface area contributed by atoms with Crippen LogP contribution in [0.15, 0.2) is 23.6 Å². The monoisotopic (exact) mass is 312 g/mol. The van der Waals surface area contributed by atoms with Crippen LogP contribution < -0.4 is 4.72 Å². The van der Waals surface area contributed by atoms with Crippen molar-refractivity contribution in [2.45, 2.75) is 25.3 Å². The van der Waals surface area contributed by atoms with E-state index in [0.29, 0.717) is 12.2 Å². The number of H-pyrrole nitrogens is 1. The third-order valence-corrected chi connectivity index (χ3v) is 4.81. The molecular weight excluding hydrogens is 296 g/mol. The zero-order chi connectivity index (χ0) is 15.6. The Bertz CT molecular complexity index is 747. The van der Waals surface area contributed by atoms with E-state index in [4.69, 9.17) is 5.11 Å². The van der Waals surface area contributed by atoms with Gasteiger partial charge in [-0.25, -0.2) is 22.9 Å². The summed E-state index contributed by atoms with van der Waals surface area (Å²) in [6.45, 7) is 3.62. The summed E-state index contributed by atoms with van der Waals surface area (Å²) >= 11 is 0. The molecule has 0 aliphatic carbocycles. The molecule has 0 bridgehead atoms. The predicted molar refractivity (Wildman–Crippen MR) is 74.6 cm³/mol. The molecule has 3 N–H and O–H groups in total. The first-order valence-electron chi connectivity index (χ1n) is 6.21. The van der Waals surface area contributed by atoms with E-state index in [9.17, 15) is 13.2 Å². The van der Waals surface area contributed by atoms with Gasteiger partial charge >= 0.3 is 5.97 Å². The number of hydrogen-bond donors (Lipinski definition) is 3. The van der Waals surface area contributed by atoms with E-state index < -0.39 is 16.0 Å². The van der Waals surface area contributed by atoms with E-state index in [1.165, 1.54) is 13.8 Å². The average molecular weight is 312 g/mol. The first-order valence-corrected chi connectivity index (χ1v) is 7.69. The van der Waals surface area contributed by atoms with Gasteiger partial charge in [-0.3, -0.25) is 0 Å². The standard InChI is InChI=1S/C12H16N4O4S/c1-8-10(12(17)18)15-9(2)11(8)21(19,20)14-4-6-16-5-3-13-7-16/h3,5,7,14-15H,4,6H2,1-2H3,(H,17,18). The van der Waals surface area contributed by atoms with Crippen LogP contribution >= 0.6 is 0 Å². The molecule has 21 heavy (non-hydrogen) atoms. The highest BCUT2D eigenvalue weighted by Crippen LogP contribution is 2.22. The number of aromatic carboxylic acids is 1. The first-order chi connectivity index (χ1) is 9.83. The number of aryl methyl sites for hydroxylation is 1. The lowest BCUT2D eigenvalue weighted by Crippen LogP contribution is -2.28. The molecule has 0 fully saturated rings. The van der Waals surface area contributed by atoms with Crippen LogP contribution in [0.1, 0.15) is 21.7 Å². The van der Waals surface area contributed by atoms with Gasteiger partial charge in [0.1, 0.15) is 10.6 Å². The van der Waals surface area contributed by atoms with Crippen molar-refractivity contribution in [3.8, 4) is 0 Å². The molecule has 0 saturated heterocycles. The molecular formula is C12H16N4O4S.